The van der Waals surface area contributed by atoms with E-state index in [1.807, 2.05) is 29.6 Å². The Labute approximate surface area is 121 Å². The van der Waals surface area contributed by atoms with Gasteiger partial charge in [-0.3, -0.25) is 0 Å². The molecule has 92 valence electrons. The first kappa shape index (κ1) is 12.2. The Balaban J connectivity index is 1.67. The molecule has 3 heterocycles. The van der Waals surface area contributed by atoms with E-state index in [-0.39, 0.29) is 0 Å². The van der Waals surface area contributed by atoms with Crippen molar-refractivity contribution in [3.8, 4) is 10.8 Å². The van der Waals surface area contributed by atoms with Gasteiger partial charge in [-0.2, -0.15) is 0 Å². The van der Waals surface area contributed by atoms with E-state index in [9.17, 15) is 0 Å². The molecule has 0 N–H and O–H groups in total. The van der Waals surface area contributed by atoms with Crippen LogP contribution in [0.1, 0.15) is 4.88 Å². The Morgan fingerprint density at radius 3 is 2.94 bits per heavy atom. The van der Waals surface area contributed by atoms with Gasteiger partial charge < -0.3 is 4.42 Å². The molecule has 0 radical (unpaired) electrons. The molecule has 0 unspecified atom stereocenters. The van der Waals surface area contributed by atoms with Crippen LogP contribution in [-0.2, 0) is 5.75 Å². The highest BCUT2D eigenvalue weighted by atomic mass is 35.5. The van der Waals surface area contributed by atoms with Gasteiger partial charge in [0.25, 0.3) is 11.1 Å². The molecule has 18 heavy (non-hydrogen) atoms. The van der Waals surface area contributed by atoms with Crippen molar-refractivity contribution in [1.29, 1.82) is 0 Å². The van der Waals surface area contributed by atoms with Gasteiger partial charge >= 0.3 is 0 Å². The first-order valence-corrected chi connectivity index (χ1v) is 8.11. The van der Waals surface area contributed by atoms with Crippen LogP contribution >= 0.6 is 46.0 Å². The second kappa shape index (κ2) is 5.44. The molecule has 0 aliphatic rings. The maximum atomic E-state index is 5.87. The van der Waals surface area contributed by atoms with Gasteiger partial charge in [0.05, 0.1) is 9.21 Å². The first-order valence-electron chi connectivity index (χ1n) is 5.05. The Morgan fingerprint density at radius 1 is 1.28 bits per heavy atom. The number of thioether (sulfide) groups is 1. The Morgan fingerprint density at radius 2 is 2.22 bits per heavy atom. The van der Waals surface area contributed by atoms with Crippen LogP contribution in [0.5, 0.6) is 0 Å². The summed E-state index contributed by atoms with van der Waals surface area (Å²) < 4.78 is 6.38. The SMILES string of the molecule is Clc1ccc(CSc2nnc(-c3cccs3)o2)s1. The monoisotopic (exact) mass is 314 g/mol. The highest BCUT2D eigenvalue weighted by Gasteiger charge is 2.10. The fourth-order valence-corrected chi connectivity index (χ4v) is 3.87. The lowest BCUT2D eigenvalue weighted by Crippen LogP contribution is -1.74. The number of thiophene rings is 2. The summed E-state index contributed by atoms with van der Waals surface area (Å²) in [5.74, 6) is 1.38. The van der Waals surface area contributed by atoms with Gasteiger partial charge in [-0.15, -0.1) is 32.9 Å². The van der Waals surface area contributed by atoms with Gasteiger partial charge in [0, 0.05) is 10.6 Å². The van der Waals surface area contributed by atoms with Crippen LogP contribution in [0.4, 0.5) is 0 Å². The van der Waals surface area contributed by atoms with Gasteiger partial charge in [-0.05, 0) is 23.6 Å². The molecule has 0 aliphatic heterocycles. The summed E-state index contributed by atoms with van der Waals surface area (Å²) >= 11 is 10.5. The Kier molecular flexibility index (Phi) is 3.69. The minimum absolute atomic E-state index is 0.580. The summed E-state index contributed by atoms with van der Waals surface area (Å²) in [6.45, 7) is 0. The molecule has 0 saturated heterocycles. The van der Waals surface area contributed by atoms with Crippen molar-refractivity contribution in [2.75, 3.05) is 0 Å². The van der Waals surface area contributed by atoms with Gasteiger partial charge in [0.2, 0.25) is 0 Å². The number of hydrogen-bond acceptors (Lipinski definition) is 6. The Bertz CT molecular complexity index is 632. The van der Waals surface area contributed by atoms with Gasteiger partial charge in [0.1, 0.15) is 0 Å². The number of halogens is 1. The third-order valence-corrected chi connectivity index (χ3v) is 5.24. The van der Waals surface area contributed by atoms with Crippen LogP contribution in [-0.4, -0.2) is 10.2 Å². The second-order valence-corrected chi connectivity index (χ2v) is 7.02. The number of rotatable bonds is 4. The number of nitrogens with zero attached hydrogens (tertiary/aromatic N) is 2. The van der Waals surface area contributed by atoms with E-state index in [1.54, 1.807) is 22.7 Å². The summed E-state index contributed by atoms with van der Waals surface area (Å²) in [4.78, 5) is 2.19. The van der Waals surface area contributed by atoms with Gasteiger partial charge in [0.15, 0.2) is 0 Å². The molecule has 0 spiro atoms. The molecule has 0 amide bonds. The highest BCUT2D eigenvalue weighted by molar-refractivity contribution is 7.98. The van der Waals surface area contributed by atoms with Crippen LogP contribution in [0.15, 0.2) is 39.3 Å². The van der Waals surface area contributed by atoms with Crippen molar-refractivity contribution in [2.24, 2.45) is 0 Å². The molecule has 7 heteroatoms. The van der Waals surface area contributed by atoms with E-state index in [0.717, 1.165) is 15.0 Å². The number of hydrogen-bond donors (Lipinski definition) is 0. The number of aromatic nitrogens is 2. The molecule has 0 saturated carbocycles. The summed E-state index contributed by atoms with van der Waals surface area (Å²) in [6, 6.07) is 7.83. The third-order valence-electron chi connectivity index (χ3n) is 2.11. The van der Waals surface area contributed by atoms with Crippen molar-refractivity contribution in [3.63, 3.8) is 0 Å². The van der Waals surface area contributed by atoms with E-state index in [4.69, 9.17) is 16.0 Å². The quantitative estimate of drug-likeness (QED) is 0.648. The van der Waals surface area contributed by atoms with Crippen molar-refractivity contribution < 1.29 is 4.42 Å². The summed E-state index contributed by atoms with van der Waals surface area (Å²) in [5.41, 5.74) is 0. The average molecular weight is 315 g/mol. The maximum Gasteiger partial charge on any atom is 0.277 e. The fraction of sp³-hybridized carbons (Fsp3) is 0.0909. The summed E-state index contributed by atoms with van der Waals surface area (Å²) in [6.07, 6.45) is 0. The van der Waals surface area contributed by atoms with E-state index in [2.05, 4.69) is 10.2 Å². The lowest BCUT2D eigenvalue weighted by Gasteiger charge is -1.91. The van der Waals surface area contributed by atoms with Gasteiger partial charge in [-0.25, -0.2) is 0 Å². The fourth-order valence-electron chi connectivity index (χ4n) is 1.33. The third kappa shape index (κ3) is 2.77. The molecule has 3 aromatic heterocycles. The smallest absolute Gasteiger partial charge is 0.277 e. The molecular formula is C11H7ClN2OS3. The minimum atomic E-state index is 0.580. The van der Waals surface area contributed by atoms with Crippen LogP contribution in [0.2, 0.25) is 4.34 Å². The predicted molar refractivity (Wildman–Crippen MR) is 76.5 cm³/mol. The topological polar surface area (TPSA) is 38.9 Å². The predicted octanol–water partition coefficient (Wildman–Crippen LogP) is 4.81. The molecule has 0 aromatic carbocycles. The van der Waals surface area contributed by atoms with Crippen LogP contribution < -0.4 is 0 Å². The minimum Gasteiger partial charge on any atom is -0.410 e. The van der Waals surface area contributed by atoms with E-state index >= 15 is 0 Å². The zero-order valence-corrected chi connectivity index (χ0v) is 12.2. The standard InChI is InChI=1S/C11H7ClN2OS3/c12-9-4-3-7(18-9)6-17-11-14-13-10(15-11)8-2-1-5-16-8/h1-5H,6H2. The second-order valence-electron chi connectivity index (χ2n) is 3.34. The van der Waals surface area contributed by atoms with Crippen molar-refractivity contribution in [2.45, 2.75) is 11.0 Å². The molecule has 0 fully saturated rings. The summed E-state index contributed by atoms with van der Waals surface area (Å²) in [5, 5.41) is 10.6. The van der Waals surface area contributed by atoms with Crippen molar-refractivity contribution >= 4 is 46.0 Å². The molecule has 0 bridgehead atoms. The molecule has 3 rings (SSSR count). The molecule has 3 aromatic rings. The first-order chi connectivity index (χ1) is 8.81. The summed E-state index contributed by atoms with van der Waals surface area (Å²) in [7, 11) is 0. The maximum absolute atomic E-state index is 5.87. The normalized spacial score (nSPS) is 10.9. The van der Waals surface area contributed by atoms with Crippen LogP contribution in [0, 0.1) is 0 Å². The van der Waals surface area contributed by atoms with Gasteiger partial charge in [-0.1, -0.05) is 29.4 Å². The van der Waals surface area contributed by atoms with Crippen LogP contribution in [0.3, 0.4) is 0 Å². The van der Waals surface area contributed by atoms with E-state index < -0.39 is 0 Å². The van der Waals surface area contributed by atoms with Crippen LogP contribution in [0.25, 0.3) is 10.8 Å². The zero-order chi connectivity index (χ0) is 12.4. The molecular weight excluding hydrogens is 308 g/mol. The average Bonchev–Trinajstić information content (AvgIpc) is 3.07. The lowest BCUT2D eigenvalue weighted by molar-refractivity contribution is 0.467. The highest BCUT2D eigenvalue weighted by Crippen LogP contribution is 2.30. The Hall–Kier alpha value is -0.820. The van der Waals surface area contributed by atoms with Crippen molar-refractivity contribution in [3.05, 3.63) is 38.9 Å². The van der Waals surface area contributed by atoms with E-state index in [0.29, 0.717) is 11.1 Å². The molecule has 0 aliphatic carbocycles. The zero-order valence-electron chi connectivity index (χ0n) is 9.00. The molecule has 3 nitrogen and oxygen atoms in total. The molecule has 0 atom stereocenters. The van der Waals surface area contributed by atoms with E-state index in [1.165, 1.54) is 16.6 Å². The van der Waals surface area contributed by atoms with Crippen molar-refractivity contribution in [1.82, 2.24) is 10.2 Å². The largest absolute Gasteiger partial charge is 0.410 e. The lowest BCUT2D eigenvalue weighted by atomic mass is 10.5.